The molecule has 0 fully saturated rings. The maximum atomic E-state index is 2.46. The van der Waals surface area contributed by atoms with E-state index in [-0.39, 0.29) is 0 Å². The van der Waals surface area contributed by atoms with Crippen molar-refractivity contribution in [1.82, 2.24) is 4.57 Å². The van der Waals surface area contributed by atoms with Crippen LogP contribution in [0.5, 0.6) is 0 Å². The third kappa shape index (κ3) is 5.34. The van der Waals surface area contributed by atoms with E-state index < -0.39 is 0 Å². The molecule has 0 aliphatic heterocycles. The molecule has 4 heteroatoms. The highest BCUT2D eigenvalue weighted by Crippen LogP contribution is 2.49. The van der Waals surface area contributed by atoms with Gasteiger partial charge in [-0.2, -0.15) is 0 Å². The highest BCUT2D eigenvalue weighted by atomic mass is 32.1. The minimum atomic E-state index is 1.07. The van der Waals surface area contributed by atoms with E-state index in [0.717, 1.165) is 50.8 Å². The van der Waals surface area contributed by atoms with Crippen molar-refractivity contribution in [3.8, 4) is 5.69 Å². The predicted octanol–water partition coefficient (Wildman–Crippen LogP) is 15.2. The first kappa shape index (κ1) is 32.3. The van der Waals surface area contributed by atoms with Gasteiger partial charge in [0.15, 0.2) is 0 Å². The maximum Gasteiger partial charge on any atom is 0.0583 e. The van der Waals surface area contributed by atoms with Gasteiger partial charge in [0.05, 0.1) is 22.4 Å². The zero-order chi connectivity index (χ0) is 37.0. The van der Waals surface area contributed by atoms with E-state index >= 15 is 0 Å². The van der Waals surface area contributed by atoms with Crippen molar-refractivity contribution in [2.24, 2.45) is 0 Å². The summed E-state index contributed by atoms with van der Waals surface area (Å²) in [4.78, 5) is 4.84. The molecule has 56 heavy (non-hydrogen) atoms. The lowest BCUT2D eigenvalue weighted by molar-refractivity contribution is 1.18. The second-order valence-corrected chi connectivity index (χ2v) is 15.3. The van der Waals surface area contributed by atoms with E-state index in [0.29, 0.717) is 0 Å². The fourth-order valence-corrected chi connectivity index (χ4v) is 9.50. The summed E-state index contributed by atoms with van der Waals surface area (Å²) in [6, 6.07) is 77.1. The first-order valence-corrected chi connectivity index (χ1v) is 19.8. The molecular formula is C52H35N3S. The van der Waals surface area contributed by atoms with Gasteiger partial charge in [-0.1, -0.05) is 121 Å². The molecule has 3 nitrogen and oxygen atoms in total. The average molecular weight is 734 g/mol. The van der Waals surface area contributed by atoms with Crippen molar-refractivity contribution in [2.45, 2.75) is 0 Å². The maximum absolute atomic E-state index is 2.46. The summed E-state index contributed by atoms with van der Waals surface area (Å²) in [6.45, 7) is 0. The van der Waals surface area contributed by atoms with E-state index in [2.05, 4.69) is 227 Å². The van der Waals surface area contributed by atoms with Crippen molar-refractivity contribution in [3.63, 3.8) is 0 Å². The van der Waals surface area contributed by atoms with Gasteiger partial charge in [-0.25, -0.2) is 0 Å². The Labute approximate surface area is 329 Å². The van der Waals surface area contributed by atoms with Crippen molar-refractivity contribution < 1.29 is 0 Å². The summed E-state index contributed by atoms with van der Waals surface area (Å²) in [5, 5.41) is 7.39. The van der Waals surface area contributed by atoms with Crippen LogP contribution in [0.4, 0.5) is 34.1 Å². The van der Waals surface area contributed by atoms with E-state index in [4.69, 9.17) is 0 Å². The largest absolute Gasteiger partial charge is 0.310 e. The zero-order valence-electron chi connectivity index (χ0n) is 30.5. The van der Waals surface area contributed by atoms with Crippen LogP contribution in [0.25, 0.3) is 58.4 Å². The molecule has 0 bridgehead atoms. The molecule has 11 aromatic rings. The van der Waals surface area contributed by atoms with Gasteiger partial charge in [0.2, 0.25) is 0 Å². The molecule has 0 aliphatic carbocycles. The average Bonchev–Trinajstić information content (AvgIpc) is 3.80. The second-order valence-electron chi connectivity index (χ2n) is 14.2. The van der Waals surface area contributed by atoms with Crippen LogP contribution in [-0.4, -0.2) is 4.57 Å². The first-order valence-electron chi connectivity index (χ1n) is 19.0. The SMILES string of the molecule is c1ccc(N(c2ccc3sc4ccccc4c3c2)c2cc(N(c3ccccc3)c3ccccc3)c3c4ccccc4n(-c4ccc5ccccc5c4)c3c2)cc1. The van der Waals surface area contributed by atoms with Gasteiger partial charge in [-0.05, 0) is 102 Å². The molecule has 11 rings (SSSR count). The summed E-state index contributed by atoms with van der Waals surface area (Å²) >= 11 is 1.85. The van der Waals surface area contributed by atoms with Crippen LogP contribution in [0.15, 0.2) is 212 Å². The van der Waals surface area contributed by atoms with Crippen LogP contribution in [0.2, 0.25) is 0 Å². The van der Waals surface area contributed by atoms with Crippen LogP contribution in [0, 0.1) is 0 Å². The molecule has 264 valence electrons. The molecule has 9 aromatic carbocycles. The Kier molecular flexibility index (Phi) is 7.68. The Morgan fingerprint density at radius 1 is 0.339 bits per heavy atom. The normalized spacial score (nSPS) is 11.6. The Bertz CT molecular complexity index is 3160. The van der Waals surface area contributed by atoms with Gasteiger partial charge in [0.25, 0.3) is 0 Å². The standard InChI is InChI=1S/C52H35N3S/c1-4-18-38(19-5-1)53(42-30-31-51-46(33-42)44-24-13-15-27-50(44)56-51)43-34-48(54(39-20-6-2-7-21-39)40-22-8-3-9-23-40)52-45-25-12-14-26-47(45)55(49(52)35-43)41-29-28-36-16-10-11-17-37(36)32-41/h1-35H. The highest BCUT2D eigenvalue weighted by Gasteiger charge is 2.25. The van der Waals surface area contributed by atoms with E-state index in [1.54, 1.807) is 0 Å². The number of para-hydroxylation sites is 4. The van der Waals surface area contributed by atoms with Gasteiger partial charge in [-0.3, -0.25) is 0 Å². The molecular weight excluding hydrogens is 699 g/mol. The van der Waals surface area contributed by atoms with Gasteiger partial charge in [0.1, 0.15) is 0 Å². The molecule has 0 N–H and O–H groups in total. The van der Waals surface area contributed by atoms with Gasteiger partial charge >= 0.3 is 0 Å². The topological polar surface area (TPSA) is 11.4 Å². The number of rotatable bonds is 7. The molecule has 0 radical (unpaired) electrons. The van der Waals surface area contributed by atoms with Crippen LogP contribution >= 0.6 is 11.3 Å². The minimum Gasteiger partial charge on any atom is -0.310 e. The number of anilines is 6. The second kappa shape index (κ2) is 13.3. The van der Waals surface area contributed by atoms with Gasteiger partial charge < -0.3 is 14.4 Å². The Morgan fingerprint density at radius 3 is 1.66 bits per heavy atom. The molecule has 2 heterocycles. The number of fused-ring (bicyclic) bond motifs is 7. The lowest BCUT2D eigenvalue weighted by atomic mass is 10.0. The molecule has 0 spiro atoms. The molecule has 0 aliphatic rings. The zero-order valence-corrected chi connectivity index (χ0v) is 31.3. The van der Waals surface area contributed by atoms with Gasteiger partial charge in [-0.15, -0.1) is 11.3 Å². The van der Waals surface area contributed by atoms with Crippen molar-refractivity contribution >= 4 is 98.2 Å². The number of hydrogen-bond donors (Lipinski definition) is 0. The minimum absolute atomic E-state index is 1.07. The summed E-state index contributed by atoms with van der Waals surface area (Å²) in [6.07, 6.45) is 0. The van der Waals surface area contributed by atoms with Crippen molar-refractivity contribution in [2.75, 3.05) is 9.80 Å². The molecule has 0 atom stereocenters. The third-order valence-corrected chi connectivity index (χ3v) is 12.0. The molecule has 0 saturated carbocycles. The number of hydrogen-bond acceptors (Lipinski definition) is 3. The van der Waals surface area contributed by atoms with Crippen molar-refractivity contribution in [3.05, 3.63) is 212 Å². The Morgan fingerprint density at radius 2 is 0.929 bits per heavy atom. The fraction of sp³-hybridized carbons (Fsp3) is 0. The predicted molar refractivity (Wildman–Crippen MR) is 241 cm³/mol. The van der Waals surface area contributed by atoms with E-state index in [1.165, 1.54) is 41.7 Å². The molecule has 2 aromatic heterocycles. The smallest absolute Gasteiger partial charge is 0.0583 e. The van der Waals surface area contributed by atoms with Crippen LogP contribution in [0.1, 0.15) is 0 Å². The number of aromatic nitrogens is 1. The monoisotopic (exact) mass is 733 g/mol. The first-order chi connectivity index (χ1) is 27.8. The quantitative estimate of drug-likeness (QED) is 0.162. The Balaban J connectivity index is 1.27. The summed E-state index contributed by atoms with van der Waals surface area (Å²) < 4.78 is 5.04. The van der Waals surface area contributed by atoms with Crippen LogP contribution in [-0.2, 0) is 0 Å². The lowest BCUT2D eigenvalue weighted by Crippen LogP contribution is -2.14. The Hall–Kier alpha value is -7.14. The van der Waals surface area contributed by atoms with Crippen LogP contribution < -0.4 is 9.80 Å². The number of thiophene rings is 1. The lowest BCUT2D eigenvalue weighted by Gasteiger charge is -2.30. The molecule has 0 amide bonds. The van der Waals surface area contributed by atoms with Crippen LogP contribution in [0.3, 0.4) is 0 Å². The number of benzene rings is 9. The highest BCUT2D eigenvalue weighted by molar-refractivity contribution is 7.25. The summed E-state index contributed by atoms with van der Waals surface area (Å²) in [5.41, 5.74) is 9.99. The summed E-state index contributed by atoms with van der Waals surface area (Å²) in [5.74, 6) is 0. The molecule has 0 saturated heterocycles. The van der Waals surface area contributed by atoms with E-state index in [9.17, 15) is 0 Å². The number of nitrogens with zero attached hydrogens (tertiary/aromatic N) is 3. The van der Waals surface area contributed by atoms with Gasteiger partial charge in [0, 0.05) is 59.4 Å². The third-order valence-electron chi connectivity index (χ3n) is 10.9. The molecule has 0 unspecified atom stereocenters. The fourth-order valence-electron chi connectivity index (χ4n) is 8.42. The van der Waals surface area contributed by atoms with Crippen molar-refractivity contribution in [1.29, 1.82) is 0 Å². The summed E-state index contributed by atoms with van der Waals surface area (Å²) in [7, 11) is 0. The van der Waals surface area contributed by atoms with E-state index in [1.807, 2.05) is 11.3 Å².